The maximum atomic E-state index is 13.0. The van der Waals surface area contributed by atoms with Crippen molar-refractivity contribution in [2.75, 3.05) is 14.2 Å². The van der Waals surface area contributed by atoms with Gasteiger partial charge in [0.15, 0.2) is 12.1 Å². The lowest BCUT2D eigenvalue weighted by molar-refractivity contribution is -0.0919. The van der Waals surface area contributed by atoms with E-state index in [1.165, 1.54) is 32.4 Å². The molecular weight excluding hydrogens is 328 g/mol. The quantitative estimate of drug-likeness (QED) is 0.731. The van der Waals surface area contributed by atoms with Gasteiger partial charge in [-0.2, -0.15) is 0 Å². The number of carbonyl (C=O) groups is 2. The second-order valence-corrected chi connectivity index (χ2v) is 5.79. The Morgan fingerprint density at radius 1 is 1.04 bits per heavy atom. The minimum atomic E-state index is -1.24. The average Bonchev–Trinajstić information content (AvgIpc) is 2.99. The second-order valence-electron chi connectivity index (χ2n) is 5.79. The number of phenols is 1. The molecule has 1 atom stereocenters. The Balaban J connectivity index is 2.03. The molecule has 7 heteroatoms. The summed E-state index contributed by atoms with van der Waals surface area (Å²) in [5.74, 6) is -0.765. The van der Waals surface area contributed by atoms with Gasteiger partial charge in [-0.3, -0.25) is 9.59 Å². The molecule has 2 aromatic carbocycles. The molecule has 0 radical (unpaired) electrons. The average molecular weight is 342 g/mol. The fraction of sp³-hybridized carbons (Fsp3) is 0.222. The minimum Gasteiger partial charge on any atom is -0.507 e. The Morgan fingerprint density at radius 2 is 1.76 bits per heavy atom. The lowest BCUT2D eigenvalue weighted by Crippen LogP contribution is -2.23. The number of carbonyl (C=O) groups excluding carboxylic acids is 2. The zero-order chi connectivity index (χ0) is 17.9. The highest BCUT2D eigenvalue weighted by Gasteiger charge is 2.39. The molecule has 7 nitrogen and oxygen atoms in total. The number of hydrogen-bond acceptors (Lipinski definition) is 7. The predicted octanol–water partition coefficient (Wildman–Crippen LogP) is 1.71. The number of methoxy groups -OCH3 is 2. The van der Waals surface area contributed by atoms with Gasteiger partial charge in [-0.05, 0) is 12.1 Å². The van der Waals surface area contributed by atoms with Gasteiger partial charge in [0.2, 0.25) is 5.78 Å². The Kier molecular flexibility index (Phi) is 3.31. The predicted molar refractivity (Wildman–Crippen MR) is 84.3 cm³/mol. The van der Waals surface area contributed by atoms with E-state index in [0.717, 1.165) is 0 Å². The van der Waals surface area contributed by atoms with Crippen molar-refractivity contribution in [2.45, 2.75) is 12.9 Å². The number of aromatic hydroxyl groups is 1. The Hall–Kier alpha value is -2.90. The molecular formula is C18H14O7. The van der Waals surface area contributed by atoms with E-state index in [1.54, 1.807) is 0 Å². The van der Waals surface area contributed by atoms with Gasteiger partial charge in [-0.25, -0.2) is 0 Å². The SMILES string of the molecule is COc1cc(OC)c2c(c1)C(=O)c1cc3c(c(O)c1C2=O)COC3O. The second kappa shape index (κ2) is 5.30. The fourth-order valence-corrected chi connectivity index (χ4v) is 3.32. The maximum Gasteiger partial charge on any atom is 0.201 e. The van der Waals surface area contributed by atoms with E-state index in [2.05, 4.69) is 0 Å². The molecule has 0 saturated heterocycles. The topological polar surface area (TPSA) is 102 Å². The van der Waals surface area contributed by atoms with Crippen molar-refractivity contribution < 1.29 is 34.0 Å². The summed E-state index contributed by atoms with van der Waals surface area (Å²) in [7, 11) is 2.83. The standard InChI is InChI=1S/C18H14O7/c1-23-7-3-9-13(12(4-7)24-2)17(21)14-10(15(9)19)5-8-11(16(14)20)6-25-18(8)22/h3-5,18,20,22H,6H2,1-2H3. The molecule has 0 bridgehead atoms. The van der Waals surface area contributed by atoms with E-state index in [-0.39, 0.29) is 45.9 Å². The third-order valence-electron chi connectivity index (χ3n) is 4.57. The molecule has 0 spiro atoms. The van der Waals surface area contributed by atoms with E-state index in [0.29, 0.717) is 11.3 Å². The van der Waals surface area contributed by atoms with Gasteiger partial charge in [0.25, 0.3) is 0 Å². The van der Waals surface area contributed by atoms with Gasteiger partial charge in [0, 0.05) is 28.3 Å². The van der Waals surface area contributed by atoms with Crippen LogP contribution < -0.4 is 9.47 Å². The first-order chi connectivity index (χ1) is 12.0. The number of aliphatic hydroxyl groups excluding tert-OH is 1. The summed E-state index contributed by atoms with van der Waals surface area (Å²) in [5.41, 5.74) is 0.724. The van der Waals surface area contributed by atoms with E-state index in [1.807, 2.05) is 0 Å². The van der Waals surface area contributed by atoms with Crippen LogP contribution in [0.5, 0.6) is 17.2 Å². The molecule has 0 saturated carbocycles. The molecule has 128 valence electrons. The maximum absolute atomic E-state index is 13.0. The molecule has 1 heterocycles. The molecule has 0 fully saturated rings. The summed E-state index contributed by atoms with van der Waals surface area (Å²) in [5, 5.41) is 20.4. The lowest BCUT2D eigenvalue weighted by Gasteiger charge is -2.22. The molecule has 2 aliphatic rings. The van der Waals surface area contributed by atoms with Crippen LogP contribution in [0.1, 0.15) is 49.3 Å². The van der Waals surface area contributed by atoms with E-state index in [4.69, 9.17) is 14.2 Å². The minimum absolute atomic E-state index is 0.0219. The van der Waals surface area contributed by atoms with Crippen LogP contribution in [0.25, 0.3) is 0 Å². The summed E-state index contributed by atoms with van der Waals surface area (Å²) in [6.07, 6.45) is -1.24. The van der Waals surface area contributed by atoms with Crippen molar-refractivity contribution in [3.8, 4) is 17.2 Å². The van der Waals surface area contributed by atoms with E-state index in [9.17, 15) is 19.8 Å². The fourth-order valence-electron chi connectivity index (χ4n) is 3.32. The summed E-state index contributed by atoms with van der Waals surface area (Å²) in [6.45, 7) is -0.0380. The Bertz CT molecular complexity index is 945. The van der Waals surface area contributed by atoms with Gasteiger partial charge in [-0.15, -0.1) is 0 Å². The van der Waals surface area contributed by atoms with Crippen LogP contribution in [-0.4, -0.2) is 36.0 Å². The highest BCUT2D eigenvalue weighted by molar-refractivity contribution is 6.30. The number of benzene rings is 2. The number of aliphatic hydroxyl groups is 1. The Morgan fingerprint density at radius 3 is 2.44 bits per heavy atom. The van der Waals surface area contributed by atoms with Crippen molar-refractivity contribution >= 4 is 11.6 Å². The zero-order valence-corrected chi connectivity index (χ0v) is 13.5. The highest BCUT2D eigenvalue weighted by Crippen LogP contribution is 2.44. The lowest BCUT2D eigenvalue weighted by atomic mass is 9.81. The molecule has 1 unspecified atom stereocenters. The van der Waals surface area contributed by atoms with Crippen LogP contribution in [0.4, 0.5) is 0 Å². The summed E-state index contributed by atoms with van der Waals surface area (Å²) in [6, 6.07) is 4.36. The summed E-state index contributed by atoms with van der Waals surface area (Å²) < 4.78 is 15.5. The molecule has 2 aromatic rings. The third-order valence-corrected chi connectivity index (χ3v) is 4.57. The van der Waals surface area contributed by atoms with E-state index >= 15 is 0 Å². The number of phenolic OH excluding ortho intramolecular Hbond substituents is 1. The number of fused-ring (bicyclic) bond motifs is 3. The van der Waals surface area contributed by atoms with Crippen molar-refractivity contribution in [2.24, 2.45) is 0 Å². The molecule has 1 aliphatic carbocycles. The van der Waals surface area contributed by atoms with Crippen LogP contribution in [0.3, 0.4) is 0 Å². The first kappa shape index (κ1) is 15.6. The highest BCUT2D eigenvalue weighted by atomic mass is 16.6. The van der Waals surface area contributed by atoms with Crippen molar-refractivity contribution in [1.29, 1.82) is 0 Å². The normalized spacial score (nSPS) is 17.8. The number of rotatable bonds is 2. The third kappa shape index (κ3) is 2.00. The van der Waals surface area contributed by atoms with Crippen molar-refractivity contribution in [1.82, 2.24) is 0 Å². The molecule has 2 N–H and O–H groups in total. The number of ether oxygens (including phenoxy) is 3. The molecule has 1 aliphatic heterocycles. The van der Waals surface area contributed by atoms with Crippen LogP contribution in [0, 0.1) is 0 Å². The van der Waals surface area contributed by atoms with Crippen molar-refractivity contribution in [3.63, 3.8) is 0 Å². The van der Waals surface area contributed by atoms with Gasteiger partial charge < -0.3 is 24.4 Å². The molecule has 25 heavy (non-hydrogen) atoms. The van der Waals surface area contributed by atoms with Gasteiger partial charge in [0.05, 0.1) is 32.0 Å². The molecule has 0 amide bonds. The van der Waals surface area contributed by atoms with Crippen LogP contribution >= 0.6 is 0 Å². The van der Waals surface area contributed by atoms with Crippen LogP contribution in [0.15, 0.2) is 18.2 Å². The van der Waals surface area contributed by atoms with E-state index < -0.39 is 17.9 Å². The first-order valence-electron chi connectivity index (χ1n) is 7.51. The van der Waals surface area contributed by atoms with Crippen LogP contribution in [0.2, 0.25) is 0 Å². The Labute approximate surface area is 142 Å². The zero-order valence-electron chi connectivity index (χ0n) is 13.5. The van der Waals surface area contributed by atoms with Gasteiger partial charge in [-0.1, -0.05) is 0 Å². The number of hydrogen-bond donors (Lipinski definition) is 2. The number of ketones is 2. The van der Waals surface area contributed by atoms with Gasteiger partial charge >= 0.3 is 0 Å². The summed E-state index contributed by atoms with van der Waals surface area (Å²) >= 11 is 0. The smallest absolute Gasteiger partial charge is 0.201 e. The van der Waals surface area contributed by atoms with Crippen molar-refractivity contribution in [3.05, 3.63) is 51.6 Å². The van der Waals surface area contributed by atoms with Crippen LogP contribution in [-0.2, 0) is 11.3 Å². The first-order valence-corrected chi connectivity index (χ1v) is 7.51. The molecule has 4 rings (SSSR count). The molecule has 0 aromatic heterocycles. The van der Waals surface area contributed by atoms with Gasteiger partial charge in [0.1, 0.15) is 17.2 Å². The monoisotopic (exact) mass is 342 g/mol. The summed E-state index contributed by atoms with van der Waals surface area (Å²) in [4.78, 5) is 26.0. The largest absolute Gasteiger partial charge is 0.507 e.